The number of amides is 1. The van der Waals surface area contributed by atoms with E-state index in [1.807, 2.05) is 20.8 Å². The number of aryl methyl sites for hydroxylation is 3. The van der Waals surface area contributed by atoms with Gasteiger partial charge in [0, 0.05) is 24.5 Å². The first-order valence-electron chi connectivity index (χ1n) is 7.04. The molecular weight excluding hydrogens is 322 g/mol. The molecule has 0 aliphatic heterocycles. The molecule has 1 amide bonds. The molecule has 0 saturated heterocycles. The van der Waals surface area contributed by atoms with Crippen molar-refractivity contribution in [3.8, 4) is 0 Å². The molecule has 0 radical (unpaired) electrons. The number of carboxylic acids is 1. The third kappa shape index (κ3) is 6.23. The van der Waals surface area contributed by atoms with E-state index in [-0.39, 0.29) is 12.3 Å². The SMILES string of the molecule is CCc1nc(C)c(C(=O)NCCSSCCC(=O)O)c(C)n1. The summed E-state index contributed by atoms with van der Waals surface area (Å²) in [4.78, 5) is 31.2. The Kier molecular flexibility index (Phi) is 8.26. The quantitative estimate of drug-likeness (QED) is 0.525. The molecular formula is C14H21N3O3S2. The van der Waals surface area contributed by atoms with Gasteiger partial charge in [-0.05, 0) is 13.8 Å². The van der Waals surface area contributed by atoms with Crippen LogP contribution >= 0.6 is 21.6 Å². The third-order valence-electron chi connectivity index (χ3n) is 2.81. The summed E-state index contributed by atoms with van der Waals surface area (Å²) in [5.41, 5.74) is 1.94. The van der Waals surface area contributed by atoms with Gasteiger partial charge in [0.2, 0.25) is 0 Å². The number of nitrogens with zero attached hydrogens (tertiary/aromatic N) is 2. The van der Waals surface area contributed by atoms with Crippen molar-refractivity contribution in [1.82, 2.24) is 15.3 Å². The number of carbonyl (C=O) groups excluding carboxylic acids is 1. The van der Waals surface area contributed by atoms with E-state index in [0.717, 1.165) is 18.0 Å². The van der Waals surface area contributed by atoms with Crippen LogP contribution in [0.2, 0.25) is 0 Å². The molecule has 1 rings (SSSR count). The van der Waals surface area contributed by atoms with Crippen LogP contribution in [0, 0.1) is 13.8 Å². The number of hydrogen-bond acceptors (Lipinski definition) is 6. The topological polar surface area (TPSA) is 92.2 Å². The van der Waals surface area contributed by atoms with E-state index >= 15 is 0 Å². The molecule has 122 valence electrons. The lowest BCUT2D eigenvalue weighted by Crippen LogP contribution is -2.28. The van der Waals surface area contributed by atoms with Gasteiger partial charge < -0.3 is 10.4 Å². The minimum absolute atomic E-state index is 0.156. The standard InChI is InChI=1S/C14H21N3O3S2/c1-4-11-16-9(2)13(10(3)17-11)14(20)15-6-8-22-21-7-5-12(18)19/h4-8H2,1-3H3,(H,15,20)(H,18,19). The van der Waals surface area contributed by atoms with E-state index in [1.54, 1.807) is 10.8 Å². The summed E-state index contributed by atoms with van der Waals surface area (Å²) in [6.45, 7) is 6.14. The zero-order valence-corrected chi connectivity index (χ0v) is 14.6. The zero-order chi connectivity index (χ0) is 16.5. The Hall–Kier alpha value is -1.28. The Bertz CT molecular complexity index is 515. The molecule has 1 aromatic rings. The van der Waals surface area contributed by atoms with Crippen molar-refractivity contribution < 1.29 is 14.7 Å². The number of aromatic nitrogens is 2. The van der Waals surface area contributed by atoms with Gasteiger partial charge in [0.15, 0.2) is 0 Å². The number of carboxylic acid groups (broad SMARTS) is 1. The molecule has 0 spiro atoms. The van der Waals surface area contributed by atoms with Crippen molar-refractivity contribution in [1.29, 1.82) is 0 Å². The summed E-state index contributed by atoms with van der Waals surface area (Å²) in [6, 6.07) is 0. The molecule has 0 atom stereocenters. The number of hydrogen-bond donors (Lipinski definition) is 2. The van der Waals surface area contributed by atoms with Crippen LogP contribution in [0.5, 0.6) is 0 Å². The lowest BCUT2D eigenvalue weighted by atomic mass is 10.1. The second-order valence-electron chi connectivity index (χ2n) is 4.58. The fraction of sp³-hybridized carbons (Fsp3) is 0.571. The molecule has 6 nitrogen and oxygen atoms in total. The number of rotatable bonds is 9. The fourth-order valence-corrected chi connectivity index (χ4v) is 3.70. The van der Waals surface area contributed by atoms with Crippen molar-refractivity contribution in [3.63, 3.8) is 0 Å². The normalized spacial score (nSPS) is 10.5. The highest BCUT2D eigenvalue weighted by Gasteiger charge is 2.15. The van der Waals surface area contributed by atoms with Crippen molar-refractivity contribution in [2.45, 2.75) is 33.6 Å². The van der Waals surface area contributed by atoms with Gasteiger partial charge in [0.1, 0.15) is 5.82 Å². The molecule has 0 aliphatic rings. The summed E-state index contributed by atoms with van der Waals surface area (Å²) >= 11 is 0. The van der Waals surface area contributed by atoms with Crippen LogP contribution in [0.25, 0.3) is 0 Å². The van der Waals surface area contributed by atoms with E-state index in [2.05, 4.69) is 15.3 Å². The Labute approximate surface area is 138 Å². The van der Waals surface area contributed by atoms with Crippen LogP contribution < -0.4 is 5.32 Å². The molecule has 1 aromatic heterocycles. The fourth-order valence-electron chi connectivity index (χ4n) is 1.81. The van der Waals surface area contributed by atoms with Gasteiger partial charge in [-0.2, -0.15) is 0 Å². The van der Waals surface area contributed by atoms with Crippen LogP contribution in [-0.4, -0.2) is 45.0 Å². The summed E-state index contributed by atoms with van der Waals surface area (Å²) in [5.74, 6) is 1.09. The first-order valence-corrected chi connectivity index (χ1v) is 9.53. The van der Waals surface area contributed by atoms with Crippen molar-refractivity contribution >= 4 is 33.5 Å². The van der Waals surface area contributed by atoms with Crippen molar-refractivity contribution in [2.24, 2.45) is 0 Å². The average Bonchev–Trinajstić information content (AvgIpc) is 2.45. The first kappa shape index (κ1) is 18.8. The lowest BCUT2D eigenvalue weighted by Gasteiger charge is -2.10. The predicted octanol–water partition coefficient (Wildman–Crippen LogP) is 2.24. The average molecular weight is 343 g/mol. The monoisotopic (exact) mass is 343 g/mol. The highest BCUT2D eigenvalue weighted by Crippen LogP contribution is 2.21. The molecule has 0 bridgehead atoms. The Balaban J connectivity index is 2.38. The molecule has 0 aromatic carbocycles. The van der Waals surface area contributed by atoms with Gasteiger partial charge in [0.25, 0.3) is 5.91 Å². The maximum absolute atomic E-state index is 12.2. The Morgan fingerprint density at radius 3 is 2.27 bits per heavy atom. The maximum atomic E-state index is 12.2. The summed E-state index contributed by atoms with van der Waals surface area (Å²) in [5, 5.41) is 11.4. The number of aliphatic carboxylic acids is 1. The van der Waals surface area contributed by atoms with Gasteiger partial charge in [-0.1, -0.05) is 28.5 Å². The first-order chi connectivity index (χ1) is 10.5. The molecule has 8 heteroatoms. The largest absolute Gasteiger partial charge is 0.481 e. The number of carbonyl (C=O) groups is 2. The minimum atomic E-state index is -0.789. The summed E-state index contributed by atoms with van der Waals surface area (Å²) in [6.07, 6.45) is 0.900. The Morgan fingerprint density at radius 1 is 1.14 bits per heavy atom. The van der Waals surface area contributed by atoms with Crippen molar-refractivity contribution in [3.05, 3.63) is 22.8 Å². The van der Waals surface area contributed by atoms with Gasteiger partial charge in [0.05, 0.1) is 23.4 Å². The van der Waals surface area contributed by atoms with E-state index in [9.17, 15) is 9.59 Å². The second kappa shape index (κ2) is 9.68. The number of nitrogens with one attached hydrogen (secondary N) is 1. The molecule has 0 aliphatic carbocycles. The molecule has 2 N–H and O–H groups in total. The van der Waals surface area contributed by atoms with Crippen LogP contribution in [0.1, 0.15) is 40.9 Å². The molecule has 0 saturated carbocycles. The van der Waals surface area contributed by atoms with E-state index in [4.69, 9.17) is 5.11 Å². The second-order valence-corrected chi connectivity index (χ2v) is 7.28. The van der Waals surface area contributed by atoms with E-state index in [0.29, 0.717) is 29.2 Å². The predicted molar refractivity (Wildman–Crippen MR) is 90.4 cm³/mol. The molecule has 22 heavy (non-hydrogen) atoms. The van der Waals surface area contributed by atoms with E-state index in [1.165, 1.54) is 10.8 Å². The zero-order valence-electron chi connectivity index (χ0n) is 13.0. The highest BCUT2D eigenvalue weighted by atomic mass is 33.1. The Morgan fingerprint density at radius 2 is 1.73 bits per heavy atom. The molecule has 0 fully saturated rings. The third-order valence-corrected chi connectivity index (χ3v) is 5.22. The van der Waals surface area contributed by atoms with Gasteiger partial charge in [-0.15, -0.1) is 0 Å². The van der Waals surface area contributed by atoms with Gasteiger partial charge >= 0.3 is 5.97 Å². The smallest absolute Gasteiger partial charge is 0.304 e. The van der Waals surface area contributed by atoms with Gasteiger partial charge in [-0.3, -0.25) is 9.59 Å². The van der Waals surface area contributed by atoms with Crippen LogP contribution in [-0.2, 0) is 11.2 Å². The lowest BCUT2D eigenvalue weighted by molar-refractivity contribution is -0.136. The van der Waals surface area contributed by atoms with Crippen molar-refractivity contribution in [2.75, 3.05) is 18.1 Å². The van der Waals surface area contributed by atoms with Crippen LogP contribution in [0.3, 0.4) is 0 Å². The minimum Gasteiger partial charge on any atom is -0.481 e. The summed E-state index contributed by atoms with van der Waals surface area (Å²) < 4.78 is 0. The van der Waals surface area contributed by atoms with Crippen LogP contribution in [0.4, 0.5) is 0 Å². The molecule has 0 unspecified atom stereocenters. The molecule has 1 heterocycles. The van der Waals surface area contributed by atoms with Crippen LogP contribution in [0.15, 0.2) is 0 Å². The summed E-state index contributed by atoms with van der Waals surface area (Å²) in [7, 11) is 3.05. The maximum Gasteiger partial charge on any atom is 0.304 e. The van der Waals surface area contributed by atoms with Gasteiger partial charge in [-0.25, -0.2) is 9.97 Å². The van der Waals surface area contributed by atoms with E-state index < -0.39 is 5.97 Å². The highest BCUT2D eigenvalue weighted by molar-refractivity contribution is 8.76.